The molecule has 0 amide bonds. The van der Waals surface area contributed by atoms with Crippen LogP contribution in [-0.4, -0.2) is 18.0 Å². The van der Waals surface area contributed by atoms with E-state index in [0.29, 0.717) is 6.54 Å². The summed E-state index contributed by atoms with van der Waals surface area (Å²) in [6, 6.07) is 7.75. The van der Waals surface area contributed by atoms with Crippen LogP contribution in [-0.2, 0) is 11.3 Å². The summed E-state index contributed by atoms with van der Waals surface area (Å²) in [5, 5.41) is 0. The number of nitrogens with two attached hydrogens (primary N) is 1. The van der Waals surface area contributed by atoms with Gasteiger partial charge in [0.1, 0.15) is 0 Å². The van der Waals surface area contributed by atoms with Crippen molar-refractivity contribution in [2.45, 2.75) is 50.7 Å². The van der Waals surface area contributed by atoms with Crippen LogP contribution < -0.4 is 5.73 Å². The molecule has 1 aliphatic heterocycles. The van der Waals surface area contributed by atoms with Gasteiger partial charge < -0.3 is 10.5 Å². The Morgan fingerprint density at radius 2 is 1.95 bits per heavy atom. The molecule has 1 atom stereocenters. The Kier molecular flexibility index (Phi) is 3.90. The minimum Gasteiger partial charge on any atom is -0.375 e. The highest BCUT2D eigenvalue weighted by Gasteiger charge is 2.41. The summed E-state index contributed by atoms with van der Waals surface area (Å²) >= 11 is 0. The lowest BCUT2D eigenvalue weighted by Crippen LogP contribution is -2.39. The Bertz CT molecular complexity index is 474. The zero-order valence-electron chi connectivity index (χ0n) is 11.9. The van der Waals surface area contributed by atoms with Gasteiger partial charge >= 0.3 is 0 Å². The van der Waals surface area contributed by atoms with E-state index in [0.717, 1.165) is 43.4 Å². The summed E-state index contributed by atoms with van der Waals surface area (Å²) in [6.07, 6.45) is 6.51. The zero-order valence-corrected chi connectivity index (χ0v) is 11.9. The number of carbonyl (C=O) groups excluding carboxylic acids is 1. The lowest BCUT2D eigenvalue weighted by atomic mass is 9.80. The predicted octanol–water partition coefficient (Wildman–Crippen LogP) is 3.07. The number of carbonyl (C=O) groups is 1. The minimum atomic E-state index is 0.00970. The lowest BCUT2D eigenvalue weighted by molar-refractivity contribution is -0.0866. The van der Waals surface area contributed by atoms with E-state index in [9.17, 15) is 4.79 Å². The van der Waals surface area contributed by atoms with Gasteiger partial charge in [0, 0.05) is 24.6 Å². The first-order valence-corrected chi connectivity index (χ1v) is 7.70. The van der Waals surface area contributed by atoms with Crippen molar-refractivity contribution in [3.8, 4) is 0 Å². The summed E-state index contributed by atoms with van der Waals surface area (Å²) in [5.74, 6) is 0.411. The maximum absolute atomic E-state index is 12.7. The molecule has 1 spiro atoms. The van der Waals surface area contributed by atoms with Crippen molar-refractivity contribution >= 4 is 5.78 Å². The Morgan fingerprint density at radius 3 is 2.60 bits per heavy atom. The highest BCUT2D eigenvalue weighted by molar-refractivity contribution is 5.98. The second-order valence-electron chi connectivity index (χ2n) is 6.19. The van der Waals surface area contributed by atoms with E-state index in [1.807, 2.05) is 24.3 Å². The lowest BCUT2D eigenvalue weighted by Gasteiger charge is -2.37. The number of ether oxygens (including phenoxy) is 1. The molecule has 2 N–H and O–H groups in total. The first-order chi connectivity index (χ1) is 9.72. The fourth-order valence-electron chi connectivity index (χ4n) is 3.66. The van der Waals surface area contributed by atoms with Gasteiger partial charge in [-0.15, -0.1) is 0 Å². The van der Waals surface area contributed by atoms with E-state index >= 15 is 0 Å². The molecule has 1 unspecified atom stereocenters. The second kappa shape index (κ2) is 5.66. The first-order valence-electron chi connectivity index (χ1n) is 7.70. The van der Waals surface area contributed by atoms with E-state index < -0.39 is 0 Å². The molecule has 1 aromatic rings. The normalized spacial score (nSPS) is 24.9. The van der Waals surface area contributed by atoms with Gasteiger partial charge in [-0.05, 0) is 31.2 Å². The molecule has 3 heteroatoms. The second-order valence-corrected chi connectivity index (χ2v) is 6.19. The molecule has 0 aromatic heterocycles. The fourth-order valence-corrected chi connectivity index (χ4v) is 3.66. The Morgan fingerprint density at radius 1 is 1.25 bits per heavy atom. The van der Waals surface area contributed by atoms with E-state index in [2.05, 4.69) is 0 Å². The van der Waals surface area contributed by atoms with Gasteiger partial charge in [-0.25, -0.2) is 0 Å². The highest BCUT2D eigenvalue weighted by Crippen LogP contribution is 2.42. The Labute approximate surface area is 120 Å². The van der Waals surface area contributed by atoms with Crippen molar-refractivity contribution in [1.29, 1.82) is 0 Å². The molecular weight excluding hydrogens is 250 g/mol. The first kappa shape index (κ1) is 13.8. The molecule has 108 valence electrons. The molecular formula is C17H23NO2. The SMILES string of the molecule is NCc1ccc(C(=O)C2CCOC3(CCCC3)C2)cc1. The van der Waals surface area contributed by atoms with Gasteiger partial charge in [0.15, 0.2) is 5.78 Å². The molecule has 20 heavy (non-hydrogen) atoms. The molecule has 1 aliphatic carbocycles. The number of ketones is 1. The van der Waals surface area contributed by atoms with E-state index in [-0.39, 0.29) is 17.3 Å². The summed E-state index contributed by atoms with van der Waals surface area (Å²) in [7, 11) is 0. The summed E-state index contributed by atoms with van der Waals surface area (Å²) in [6.45, 7) is 1.26. The fraction of sp³-hybridized carbons (Fsp3) is 0.588. The van der Waals surface area contributed by atoms with Crippen molar-refractivity contribution < 1.29 is 9.53 Å². The number of hydrogen-bond donors (Lipinski definition) is 1. The smallest absolute Gasteiger partial charge is 0.166 e. The van der Waals surface area contributed by atoms with Crippen molar-refractivity contribution in [3.63, 3.8) is 0 Å². The highest BCUT2D eigenvalue weighted by atomic mass is 16.5. The largest absolute Gasteiger partial charge is 0.375 e. The van der Waals surface area contributed by atoms with E-state index in [4.69, 9.17) is 10.5 Å². The summed E-state index contributed by atoms with van der Waals surface area (Å²) in [5.41, 5.74) is 7.50. The van der Waals surface area contributed by atoms with E-state index in [1.165, 1.54) is 12.8 Å². The van der Waals surface area contributed by atoms with Crippen LogP contribution in [0.3, 0.4) is 0 Å². The van der Waals surface area contributed by atoms with Crippen LogP contribution in [0.2, 0.25) is 0 Å². The van der Waals surface area contributed by atoms with Gasteiger partial charge in [0.25, 0.3) is 0 Å². The standard InChI is InChI=1S/C17H23NO2/c18-12-13-3-5-14(6-4-13)16(19)15-7-10-20-17(11-15)8-1-2-9-17/h3-6,15H,1-2,7-12,18H2. The summed E-state index contributed by atoms with van der Waals surface area (Å²) < 4.78 is 6.01. The number of hydrogen-bond acceptors (Lipinski definition) is 3. The van der Waals surface area contributed by atoms with Crippen LogP contribution in [0, 0.1) is 5.92 Å². The van der Waals surface area contributed by atoms with Crippen molar-refractivity contribution in [2.24, 2.45) is 11.7 Å². The zero-order chi connectivity index (χ0) is 14.0. The average Bonchev–Trinajstić information content (AvgIpc) is 2.94. The van der Waals surface area contributed by atoms with Crippen molar-refractivity contribution in [3.05, 3.63) is 35.4 Å². The quantitative estimate of drug-likeness (QED) is 0.861. The van der Waals surface area contributed by atoms with E-state index in [1.54, 1.807) is 0 Å². The minimum absolute atomic E-state index is 0.00970. The van der Waals surface area contributed by atoms with Crippen LogP contribution in [0.25, 0.3) is 0 Å². The van der Waals surface area contributed by atoms with Gasteiger partial charge in [0.05, 0.1) is 5.60 Å². The van der Waals surface area contributed by atoms with Gasteiger partial charge in [-0.2, -0.15) is 0 Å². The van der Waals surface area contributed by atoms with Gasteiger partial charge in [-0.3, -0.25) is 4.79 Å². The van der Waals surface area contributed by atoms with Crippen LogP contribution >= 0.6 is 0 Å². The van der Waals surface area contributed by atoms with Gasteiger partial charge in [0.2, 0.25) is 0 Å². The van der Waals surface area contributed by atoms with Crippen LogP contribution in [0.5, 0.6) is 0 Å². The monoisotopic (exact) mass is 273 g/mol. The average molecular weight is 273 g/mol. The maximum atomic E-state index is 12.7. The third kappa shape index (κ3) is 2.65. The summed E-state index contributed by atoms with van der Waals surface area (Å²) in [4.78, 5) is 12.7. The number of Topliss-reactive ketones (excluding diaryl/α,β-unsaturated/α-hetero) is 1. The van der Waals surface area contributed by atoms with Crippen LogP contribution in [0.4, 0.5) is 0 Å². The molecule has 2 aliphatic rings. The maximum Gasteiger partial charge on any atom is 0.166 e. The molecule has 1 heterocycles. The van der Waals surface area contributed by atoms with Crippen molar-refractivity contribution in [1.82, 2.24) is 0 Å². The molecule has 3 rings (SSSR count). The molecule has 0 radical (unpaired) electrons. The molecule has 1 saturated heterocycles. The van der Waals surface area contributed by atoms with Crippen molar-refractivity contribution in [2.75, 3.05) is 6.61 Å². The topological polar surface area (TPSA) is 52.3 Å². The van der Waals surface area contributed by atoms with Gasteiger partial charge in [-0.1, -0.05) is 37.1 Å². The molecule has 1 saturated carbocycles. The van der Waals surface area contributed by atoms with Crippen LogP contribution in [0.15, 0.2) is 24.3 Å². The number of rotatable bonds is 3. The molecule has 3 nitrogen and oxygen atoms in total. The number of benzene rings is 1. The molecule has 1 aromatic carbocycles. The Hall–Kier alpha value is -1.19. The third-order valence-electron chi connectivity index (χ3n) is 4.85. The predicted molar refractivity (Wildman–Crippen MR) is 78.5 cm³/mol. The van der Waals surface area contributed by atoms with Crippen LogP contribution in [0.1, 0.15) is 54.4 Å². The third-order valence-corrected chi connectivity index (χ3v) is 4.85. The molecule has 2 fully saturated rings. The molecule has 0 bridgehead atoms. The Balaban J connectivity index is 1.72.